The van der Waals surface area contributed by atoms with Gasteiger partial charge in [-0.25, -0.2) is 4.98 Å². The summed E-state index contributed by atoms with van der Waals surface area (Å²) in [5.74, 6) is 0. The molecule has 2 atom stereocenters. The maximum atomic E-state index is 5.93. The molecule has 0 aromatic carbocycles. The summed E-state index contributed by atoms with van der Waals surface area (Å²) in [5, 5.41) is 3.09. The van der Waals surface area contributed by atoms with Crippen molar-refractivity contribution in [1.29, 1.82) is 0 Å². The molecule has 2 aromatic rings. The fourth-order valence-corrected chi connectivity index (χ4v) is 3.20. The number of nitrogens with zero attached hydrogens (tertiary/aromatic N) is 3. The second-order valence-electron chi connectivity index (χ2n) is 5.36. The van der Waals surface area contributed by atoms with Crippen LogP contribution in [-0.2, 0) is 11.3 Å². The fourth-order valence-electron chi connectivity index (χ4n) is 2.41. The maximum Gasteiger partial charge on any atom is 0.142 e. The summed E-state index contributed by atoms with van der Waals surface area (Å²) in [7, 11) is 0. The third kappa shape index (κ3) is 3.65. The highest BCUT2D eigenvalue weighted by atomic mass is 32.1. The summed E-state index contributed by atoms with van der Waals surface area (Å²) in [6.07, 6.45) is 1.92. The molecule has 0 spiro atoms. The summed E-state index contributed by atoms with van der Waals surface area (Å²) in [6.45, 7) is 5.38. The molecule has 0 amide bonds. The highest BCUT2D eigenvalue weighted by molar-refractivity contribution is 7.13. The number of pyridine rings is 1. The molecule has 2 unspecified atom stereocenters. The van der Waals surface area contributed by atoms with Gasteiger partial charge >= 0.3 is 0 Å². The molecule has 1 aliphatic heterocycles. The molecule has 2 N–H and O–H groups in total. The molecule has 3 heterocycles. The fraction of sp³-hybridized carbons (Fsp3) is 0.467. The number of ether oxygens (including phenoxy) is 1. The Hall–Kier alpha value is -1.34. The van der Waals surface area contributed by atoms with Crippen molar-refractivity contribution in [2.75, 3.05) is 19.7 Å². The Balaban J connectivity index is 1.65. The van der Waals surface area contributed by atoms with E-state index in [2.05, 4.69) is 20.2 Å². The molecule has 5 nitrogen and oxygen atoms in total. The van der Waals surface area contributed by atoms with Crippen molar-refractivity contribution in [3.05, 3.63) is 35.5 Å². The molecular weight excluding hydrogens is 284 g/mol. The van der Waals surface area contributed by atoms with Crippen LogP contribution >= 0.6 is 11.3 Å². The predicted octanol–water partition coefficient (Wildman–Crippen LogP) is 1.75. The minimum Gasteiger partial charge on any atom is -0.374 e. The van der Waals surface area contributed by atoms with Crippen LogP contribution in [0, 0.1) is 0 Å². The van der Waals surface area contributed by atoms with Crippen LogP contribution in [0.15, 0.2) is 29.8 Å². The van der Waals surface area contributed by atoms with Gasteiger partial charge in [-0.05, 0) is 19.1 Å². The lowest BCUT2D eigenvalue weighted by atomic mass is 10.1. The number of nitrogens with two attached hydrogens (primary N) is 1. The zero-order valence-electron chi connectivity index (χ0n) is 12.1. The van der Waals surface area contributed by atoms with E-state index in [0.29, 0.717) is 0 Å². The molecule has 3 rings (SSSR count). The SMILES string of the molecule is CC(N)C1CN(Cc2csc(-c3ccccn3)n2)CCO1. The van der Waals surface area contributed by atoms with E-state index in [-0.39, 0.29) is 12.1 Å². The van der Waals surface area contributed by atoms with E-state index in [1.807, 2.05) is 25.1 Å². The van der Waals surface area contributed by atoms with Crippen molar-refractivity contribution in [3.63, 3.8) is 0 Å². The summed E-state index contributed by atoms with van der Waals surface area (Å²) in [6, 6.07) is 5.95. The van der Waals surface area contributed by atoms with Crippen molar-refractivity contribution >= 4 is 11.3 Å². The Labute approximate surface area is 128 Å². The monoisotopic (exact) mass is 304 g/mol. The zero-order chi connectivity index (χ0) is 14.7. The number of aromatic nitrogens is 2. The first-order valence-electron chi connectivity index (χ1n) is 7.18. The highest BCUT2D eigenvalue weighted by Gasteiger charge is 2.23. The largest absolute Gasteiger partial charge is 0.374 e. The summed E-state index contributed by atoms with van der Waals surface area (Å²) in [4.78, 5) is 11.4. The lowest BCUT2D eigenvalue weighted by Gasteiger charge is -2.34. The lowest BCUT2D eigenvalue weighted by molar-refractivity contribution is -0.0406. The van der Waals surface area contributed by atoms with E-state index in [4.69, 9.17) is 10.5 Å². The van der Waals surface area contributed by atoms with Crippen LogP contribution in [0.3, 0.4) is 0 Å². The third-order valence-corrected chi connectivity index (χ3v) is 4.50. The molecule has 0 aliphatic carbocycles. The standard InChI is InChI=1S/C15H20N4OS/c1-11(16)14-9-19(6-7-20-14)8-12-10-21-15(18-12)13-4-2-3-5-17-13/h2-5,10-11,14H,6-9,16H2,1H3. The van der Waals surface area contributed by atoms with E-state index in [1.165, 1.54) is 0 Å². The molecular formula is C15H20N4OS. The first kappa shape index (κ1) is 14.6. The normalized spacial score (nSPS) is 21.3. The maximum absolute atomic E-state index is 5.93. The van der Waals surface area contributed by atoms with Crippen molar-refractivity contribution < 1.29 is 4.74 Å². The van der Waals surface area contributed by atoms with Gasteiger partial charge in [0.25, 0.3) is 0 Å². The van der Waals surface area contributed by atoms with Gasteiger partial charge in [-0.3, -0.25) is 9.88 Å². The van der Waals surface area contributed by atoms with Gasteiger partial charge in [0.1, 0.15) is 5.01 Å². The third-order valence-electron chi connectivity index (χ3n) is 3.59. The molecule has 1 aliphatic rings. The van der Waals surface area contributed by atoms with Crippen LogP contribution in [0.4, 0.5) is 0 Å². The molecule has 0 radical (unpaired) electrons. The Kier molecular flexibility index (Phi) is 4.60. The van der Waals surface area contributed by atoms with Crippen LogP contribution in [-0.4, -0.2) is 46.7 Å². The molecule has 112 valence electrons. The van der Waals surface area contributed by atoms with Gasteiger partial charge in [-0.2, -0.15) is 0 Å². The molecule has 1 fully saturated rings. The summed E-state index contributed by atoms with van der Waals surface area (Å²) < 4.78 is 5.69. The van der Waals surface area contributed by atoms with Crippen molar-refractivity contribution in [2.45, 2.75) is 25.6 Å². The van der Waals surface area contributed by atoms with Gasteiger partial charge < -0.3 is 10.5 Å². The number of rotatable bonds is 4. The summed E-state index contributed by atoms with van der Waals surface area (Å²) >= 11 is 1.64. The van der Waals surface area contributed by atoms with E-state index in [0.717, 1.165) is 42.6 Å². The van der Waals surface area contributed by atoms with Crippen LogP contribution in [0.1, 0.15) is 12.6 Å². The minimum absolute atomic E-state index is 0.0623. The molecule has 0 saturated carbocycles. The Morgan fingerprint density at radius 3 is 3.19 bits per heavy atom. The zero-order valence-corrected chi connectivity index (χ0v) is 12.9. The first-order chi connectivity index (χ1) is 10.2. The van der Waals surface area contributed by atoms with Gasteiger partial charge in [0.05, 0.1) is 24.1 Å². The van der Waals surface area contributed by atoms with Gasteiger partial charge in [0.2, 0.25) is 0 Å². The molecule has 21 heavy (non-hydrogen) atoms. The van der Waals surface area contributed by atoms with Crippen LogP contribution < -0.4 is 5.73 Å². The van der Waals surface area contributed by atoms with Crippen LogP contribution in [0.2, 0.25) is 0 Å². The average molecular weight is 304 g/mol. The highest BCUT2D eigenvalue weighted by Crippen LogP contribution is 2.22. The first-order valence-corrected chi connectivity index (χ1v) is 8.05. The predicted molar refractivity (Wildman–Crippen MR) is 84.0 cm³/mol. The van der Waals surface area contributed by atoms with E-state index in [9.17, 15) is 0 Å². The van der Waals surface area contributed by atoms with Crippen molar-refractivity contribution in [1.82, 2.24) is 14.9 Å². The Morgan fingerprint density at radius 1 is 1.52 bits per heavy atom. The number of hydrogen-bond acceptors (Lipinski definition) is 6. The van der Waals surface area contributed by atoms with Crippen LogP contribution in [0.5, 0.6) is 0 Å². The lowest BCUT2D eigenvalue weighted by Crippen LogP contribution is -2.49. The number of hydrogen-bond donors (Lipinski definition) is 1. The molecule has 0 bridgehead atoms. The van der Waals surface area contributed by atoms with Gasteiger partial charge in [-0.1, -0.05) is 6.07 Å². The number of thiazole rings is 1. The second-order valence-corrected chi connectivity index (χ2v) is 6.22. The topological polar surface area (TPSA) is 64.3 Å². The van der Waals surface area contributed by atoms with Gasteiger partial charge in [0, 0.05) is 37.3 Å². The Morgan fingerprint density at radius 2 is 2.43 bits per heavy atom. The average Bonchev–Trinajstić information content (AvgIpc) is 2.97. The van der Waals surface area contributed by atoms with Gasteiger partial charge in [-0.15, -0.1) is 11.3 Å². The Bertz CT molecular complexity index is 572. The second kappa shape index (κ2) is 6.62. The van der Waals surface area contributed by atoms with E-state index >= 15 is 0 Å². The molecule has 6 heteroatoms. The van der Waals surface area contributed by atoms with E-state index < -0.39 is 0 Å². The quantitative estimate of drug-likeness (QED) is 0.932. The molecule has 1 saturated heterocycles. The van der Waals surface area contributed by atoms with Crippen LogP contribution in [0.25, 0.3) is 10.7 Å². The van der Waals surface area contributed by atoms with Gasteiger partial charge in [0.15, 0.2) is 0 Å². The number of morpholine rings is 1. The summed E-state index contributed by atoms with van der Waals surface area (Å²) in [5.41, 5.74) is 7.95. The van der Waals surface area contributed by atoms with Crippen molar-refractivity contribution in [3.8, 4) is 10.7 Å². The molecule has 2 aromatic heterocycles. The van der Waals surface area contributed by atoms with E-state index in [1.54, 1.807) is 17.5 Å². The minimum atomic E-state index is 0.0623. The smallest absolute Gasteiger partial charge is 0.142 e. The van der Waals surface area contributed by atoms with Crippen molar-refractivity contribution in [2.24, 2.45) is 5.73 Å².